The van der Waals surface area contributed by atoms with E-state index in [2.05, 4.69) is 40.1 Å². The molecule has 2 nitrogen and oxygen atoms in total. The van der Waals surface area contributed by atoms with E-state index in [1.54, 1.807) is 12.3 Å². The van der Waals surface area contributed by atoms with Gasteiger partial charge in [0.25, 0.3) is 0 Å². The van der Waals surface area contributed by atoms with E-state index in [-0.39, 0.29) is 5.82 Å². The molecule has 2 aromatic rings. The van der Waals surface area contributed by atoms with Crippen LogP contribution in [0.15, 0.2) is 28.9 Å². The topological polar surface area (TPSA) is 24.9 Å². The van der Waals surface area contributed by atoms with E-state index in [9.17, 15) is 4.39 Å². The van der Waals surface area contributed by atoms with E-state index >= 15 is 0 Å². The maximum atomic E-state index is 13.8. The van der Waals surface area contributed by atoms with Crippen molar-refractivity contribution < 1.29 is 4.39 Å². The van der Waals surface area contributed by atoms with E-state index in [1.165, 1.54) is 17.4 Å². The summed E-state index contributed by atoms with van der Waals surface area (Å²) in [4.78, 5) is 5.40. The van der Waals surface area contributed by atoms with Crippen LogP contribution in [0.25, 0.3) is 10.6 Å². The van der Waals surface area contributed by atoms with Crippen molar-refractivity contribution >= 4 is 27.3 Å². The van der Waals surface area contributed by atoms with Gasteiger partial charge in [0.05, 0.1) is 5.56 Å². The molecule has 0 radical (unpaired) electrons. The highest BCUT2D eigenvalue weighted by molar-refractivity contribution is 9.10. The summed E-state index contributed by atoms with van der Waals surface area (Å²) < 4.78 is 14.5. The second-order valence-electron chi connectivity index (χ2n) is 4.26. The summed E-state index contributed by atoms with van der Waals surface area (Å²) in [6.45, 7) is 4.95. The average Bonchev–Trinajstić information content (AvgIpc) is 2.75. The monoisotopic (exact) mass is 328 g/mol. The van der Waals surface area contributed by atoms with Crippen molar-refractivity contribution in [2.45, 2.75) is 26.4 Å². The van der Waals surface area contributed by atoms with Crippen LogP contribution in [0.1, 0.15) is 18.7 Å². The van der Waals surface area contributed by atoms with Crippen molar-refractivity contribution in [3.05, 3.63) is 39.6 Å². The first kappa shape index (κ1) is 13.6. The molecule has 0 aliphatic heterocycles. The van der Waals surface area contributed by atoms with Crippen molar-refractivity contribution in [2.24, 2.45) is 0 Å². The van der Waals surface area contributed by atoms with E-state index in [0.717, 1.165) is 15.9 Å². The van der Waals surface area contributed by atoms with E-state index in [4.69, 9.17) is 0 Å². The highest BCUT2D eigenvalue weighted by atomic mass is 79.9. The fraction of sp³-hybridized carbons (Fsp3) is 0.308. The number of nitrogens with zero attached hydrogens (tertiary/aromatic N) is 1. The molecule has 0 saturated heterocycles. The standard InChI is InChI=1S/C13H14BrFN2S/c1-8(2)16-6-9-7-17-13(18-9)12-10(14)4-3-5-11(12)15/h3-5,7-8,16H,6H2,1-2H3. The Bertz CT molecular complexity index is 519. The first-order valence-electron chi connectivity index (χ1n) is 5.70. The van der Waals surface area contributed by atoms with Crippen LogP contribution < -0.4 is 5.32 Å². The molecule has 5 heteroatoms. The SMILES string of the molecule is CC(C)NCc1cnc(-c2c(F)cccc2Br)s1. The minimum absolute atomic E-state index is 0.248. The van der Waals surface area contributed by atoms with Crippen LogP contribution in [0.2, 0.25) is 0 Å². The third kappa shape index (κ3) is 3.16. The average molecular weight is 329 g/mol. The normalized spacial score (nSPS) is 11.2. The first-order chi connectivity index (χ1) is 8.58. The predicted octanol–water partition coefficient (Wildman–Crippen LogP) is 4.21. The maximum absolute atomic E-state index is 13.8. The number of thiazole rings is 1. The lowest BCUT2D eigenvalue weighted by Gasteiger charge is -2.05. The van der Waals surface area contributed by atoms with Gasteiger partial charge in [0, 0.05) is 28.1 Å². The Balaban J connectivity index is 2.24. The Hall–Kier alpha value is -0.780. The van der Waals surface area contributed by atoms with Gasteiger partial charge in [-0.15, -0.1) is 11.3 Å². The van der Waals surface area contributed by atoms with Gasteiger partial charge in [-0.3, -0.25) is 0 Å². The second kappa shape index (κ2) is 5.91. The van der Waals surface area contributed by atoms with Crippen molar-refractivity contribution in [1.29, 1.82) is 0 Å². The van der Waals surface area contributed by atoms with Crippen LogP contribution in [0.5, 0.6) is 0 Å². The molecule has 96 valence electrons. The number of hydrogen-bond donors (Lipinski definition) is 1. The minimum atomic E-state index is -0.248. The summed E-state index contributed by atoms with van der Waals surface area (Å²) >= 11 is 4.88. The Labute approximate surface area is 118 Å². The fourth-order valence-corrected chi connectivity index (χ4v) is 3.10. The molecule has 1 N–H and O–H groups in total. The number of rotatable bonds is 4. The number of benzene rings is 1. The zero-order valence-corrected chi connectivity index (χ0v) is 12.6. The third-order valence-corrected chi connectivity index (χ3v) is 4.09. The number of aromatic nitrogens is 1. The molecular formula is C13H14BrFN2S. The van der Waals surface area contributed by atoms with Crippen molar-refractivity contribution in [3.63, 3.8) is 0 Å². The molecule has 1 heterocycles. The van der Waals surface area contributed by atoms with Gasteiger partial charge in [-0.2, -0.15) is 0 Å². The molecule has 0 amide bonds. The van der Waals surface area contributed by atoms with Gasteiger partial charge in [0.1, 0.15) is 10.8 Å². The van der Waals surface area contributed by atoms with Crippen LogP contribution in [-0.4, -0.2) is 11.0 Å². The third-order valence-electron chi connectivity index (χ3n) is 2.41. The molecule has 1 aromatic carbocycles. The molecule has 0 fully saturated rings. The molecule has 1 aromatic heterocycles. The van der Waals surface area contributed by atoms with E-state index < -0.39 is 0 Å². The largest absolute Gasteiger partial charge is 0.310 e. The summed E-state index contributed by atoms with van der Waals surface area (Å²) in [5, 5.41) is 4.03. The maximum Gasteiger partial charge on any atom is 0.134 e. The van der Waals surface area contributed by atoms with Crippen molar-refractivity contribution in [2.75, 3.05) is 0 Å². The quantitative estimate of drug-likeness (QED) is 0.909. The molecule has 0 aliphatic rings. The van der Waals surface area contributed by atoms with Crippen LogP contribution in [0, 0.1) is 5.82 Å². The number of halogens is 2. The zero-order valence-electron chi connectivity index (χ0n) is 10.2. The van der Waals surface area contributed by atoms with Gasteiger partial charge in [0.2, 0.25) is 0 Å². The van der Waals surface area contributed by atoms with Gasteiger partial charge in [-0.1, -0.05) is 19.9 Å². The minimum Gasteiger partial charge on any atom is -0.310 e. The molecule has 0 bridgehead atoms. The molecule has 0 saturated carbocycles. The Morgan fingerprint density at radius 1 is 1.44 bits per heavy atom. The first-order valence-corrected chi connectivity index (χ1v) is 7.31. The Morgan fingerprint density at radius 2 is 2.22 bits per heavy atom. The van der Waals surface area contributed by atoms with Crippen molar-refractivity contribution in [1.82, 2.24) is 10.3 Å². The molecular weight excluding hydrogens is 315 g/mol. The van der Waals surface area contributed by atoms with Gasteiger partial charge in [-0.05, 0) is 28.1 Å². The smallest absolute Gasteiger partial charge is 0.134 e. The summed E-state index contributed by atoms with van der Waals surface area (Å²) in [7, 11) is 0. The molecule has 0 unspecified atom stereocenters. The molecule has 2 rings (SSSR count). The number of nitrogens with one attached hydrogen (secondary N) is 1. The lowest BCUT2D eigenvalue weighted by atomic mass is 10.2. The van der Waals surface area contributed by atoms with E-state index in [1.807, 2.05) is 6.07 Å². The fourth-order valence-electron chi connectivity index (χ4n) is 1.51. The van der Waals surface area contributed by atoms with Crippen LogP contribution >= 0.6 is 27.3 Å². The lowest BCUT2D eigenvalue weighted by molar-refractivity contribution is 0.593. The Kier molecular flexibility index (Phi) is 4.48. The van der Waals surface area contributed by atoms with Gasteiger partial charge >= 0.3 is 0 Å². The molecule has 0 spiro atoms. The predicted molar refractivity (Wildman–Crippen MR) is 77.2 cm³/mol. The summed E-state index contributed by atoms with van der Waals surface area (Å²) in [5.41, 5.74) is 0.540. The van der Waals surface area contributed by atoms with Gasteiger partial charge < -0.3 is 5.32 Å². The second-order valence-corrected chi connectivity index (χ2v) is 6.23. The molecule has 0 atom stereocenters. The van der Waals surface area contributed by atoms with Crippen LogP contribution in [0.3, 0.4) is 0 Å². The number of hydrogen-bond acceptors (Lipinski definition) is 3. The van der Waals surface area contributed by atoms with Crippen LogP contribution in [-0.2, 0) is 6.54 Å². The highest BCUT2D eigenvalue weighted by Crippen LogP contribution is 2.33. The summed E-state index contributed by atoms with van der Waals surface area (Å²) in [6.07, 6.45) is 1.80. The highest BCUT2D eigenvalue weighted by Gasteiger charge is 2.13. The van der Waals surface area contributed by atoms with E-state index in [0.29, 0.717) is 16.6 Å². The molecule has 18 heavy (non-hydrogen) atoms. The lowest BCUT2D eigenvalue weighted by Crippen LogP contribution is -2.21. The summed E-state index contributed by atoms with van der Waals surface area (Å²) in [5.74, 6) is -0.248. The Morgan fingerprint density at radius 3 is 2.89 bits per heavy atom. The van der Waals surface area contributed by atoms with Gasteiger partial charge in [-0.25, -0.2) is 9.37 Å². The van der Waals surface area contributed by atoms with Gasteiger partial charge in [0.15, 0.2) is 0 Å². The molecule has 0 aliphatic carbocycles. The van der Waals surface area contributed by atoms with Crippen LogP contribution in [0.4, 0.5) is 4.39 Å². The zero-order chi connectivity index (χ0) is 13.1. The van der Waals surface area contributed by atoms with Crippen molar-refractivity contribution in [3.8, 4) is 10.6 Å². The summed E-state index contributed by atoms with van der Waals surface area (Å²) in [6, 6.07) is 5.38.